The highest BCUT2D eigenvalue weighted by Crippen LogP contribution is 2.31. The first-order chi connectivity index (χ1) is 13.2. The van der Waals surface area contributed by atoms with Gasteiger partial charge in [0.15, 0.2) is 0 Å². The summed E-state index contributed by atoms with van der Waals surface area (Å²) in [6, 6.07) is 22.3. The molecule has 27 heavy (non-hydrogen) atoms. The summed E-state index contributed by atoms with van der Waals surface area (Å²) in [4.78, 5) is 14.8. The van der Waals surface area contributed by atoms with Gasteiger partial charge in [0, 0.05) is 36.5 Å². The largest absolute Gasteiger partial charge is 0.351 e. The molecule has 0 saturated carbocycles. The van der Waals surface area contributed by atoms with Gasteiger partial charge >= 0.3 is 0 Å². The van der Waals surface area contributed by atoms with Gasteiger partial charge in [0.1, 0.15) is 0 Å². The van der Waals surface area contributed by atoms with Crippen molar-refractivity contribution < 1.29 is 4.79 Å². The van der Waals surface area contributed by atoms with E-state index in [0.717, 1.165) is 18.7 Å². The maximum atomic E-state index is 12.6. The number of fused-ring (bicyclic) bond motifs is 1. The Morgan fingerprint density at radius 3 is 2.56 bits per heavy atom. The number of carbonyl (C=O) groups excluding carboxylic acids is 1. The van der Waals surface area contributed by atoms with Gasteiger partial charge in [0.2, 0.25) is 5.91 Å². The molecule has 1 aliphatic heterocycles. The van der Waals surface area contributed by atoms with Crippen LogP contribution in [0.3, 0.4) is 0 Å². The second-order valence-corrected chi connectivity index (χ2v) is 7.25. The van der Waals surface area contributed by atoms with E-state index < -0.39 is 0 Å². The van der Waals surface area contributed by atoms with Crippen molar-refractivity contribution in [3.05, 3.63) is 94.8 Å². The lowest BCUT2D eigenvalue weighted by atomic mass is 10.00. The van der Waals surface area contributed by atoms with Gasteiger partial charge in [0.25, 0.3) is 0 Å². The SMILES string of the molecule is O=C(CN1CCn2cccc2C1c1ccccc1)NCc1ccc(Cl)cc1. The van der Waals surface area contributed by atoms with Gasteiger partial charge in [0.05, 0.1) is 12.6 Å². The number of hydrogen-bond acceptors (Lipinski definition) is 2. The molecule has 1 amide bonds. The van der Waals surface area contributed by atoms with Gasteiger partial charge in [-0.2, -0.15) is 0 Å². The average Bonchev–Trinajstić information content (AvgIpc) is 3.17. The first kappa shape index (κ1) is 17.8. The fraction of sp³-hybridized carbons (Fsp3) is 0.227. The first-order valence-electron chi connectivity index (χ1n) is 9.16. The van der Waals surface area contributed by atoms with Gasteiger partial charge < -0.3 is 9.88 Å². The second kappa shape index (κ2) is 7.99. The van der Waals surface area contributed by atoms with Crippen molar-refractivity contribution in [1.29, 1.82) is 0 Å². The molecular formula is C22H22ClN3O. The van der Waals surface area contributed by atoms with Crippen molar-refractivity contribution in [2.45, 2.75) is 19.1 Å². The van der Waals surface area contributed by atoms with Crippen molar-refractivity contribution in [3.8, 4) is 0 Å². The molecule has 1 N–H and O–H groups in total. The molecule has 4 nitrogen and oxygen atoms in total. The van der Waals surface area contributed by atoms with Crippen molar-refractivity contribution in [3.63, 3.8) is 0 Å². The summed E-state index contributed by atoms with van der Waals surface area (Å²) in [5.74, 6) is 0.0332. The van der Waals surface area contributed by atoms with Crippen LogP contribution in [0.4, 0.5) is 0 Å². The lowest BCUT2D eigenvalue weighted by Crippen LogP contribution is -2.44. The third-order valence-electron chi connectivity index (χ3n) is 5.00. The number of nitrogens with zero attached hydrogens (tertiary/aromatic N) is 2. The smallest absolute Gasteiger partial charge is 0.234 e. The Balaban J connectivity index is 1.47. The predicted octanol–water partition coefficient (Wildman–Crippen LogP) is 3.86. The summed E-state index contributed by atoms with van der Waals surface area (Å²) in [5.41, 5.74) is 3.49. The second-order valence-electron chi connectivity index (χ2n) is 6.81. The Labute approximate surface area is 164 Å². The van der Waals surface area contributed by atoms with Crippen LogP contribution in [0.5, 0.6) is 0 Å². The van der Waals surface area contributed by atoms with Gasteiger partial charge in [-0.3, -0.25) is 9.69 Å². The number of amides is 1. The summed E-state index contributed by atoms with van der Waals surface area (Å²) in [7, 11) is 0. The van der Waals surface area contributed by atoms with Crippen LogP contribution < -0.4 is 5.32 Å². The highest BCUT2D eigenvalue weighted by Gasteiger charge is 2.29. The van der Waals surface area contributed by atoms with E-state index in [2.05, 4.69) is 57.4 Å². The van der Waals surface area contributed by atoms with E-state index in [9.17, 15) is 4.79 Å². The number of aromatic nitrogens is 1. The zero-order valence-corrected chi connectivity index (χ0v) is 15.8. The Morgan fingerprint density at radius 1 is 1.00 bits per heavy atom. The molecule has 0 bridgehead atoms. The number of hydrogen-bond donors (Lipinski definition) is 1. The third kappa shape index (κ3) is 4.07. The number of rotatable bonds is 5. The standard InChI is InChI=1S/C22H22ClN3O/c23-19-10-8-17(9-11-19)15-24-21(27)16-26-14-13-25-12-4-7-20(25)22(26)18-5-2-1-3-6-18/h1-12,22H,13-16H2,(H,24,27). The lowest BCUT2D eigenvalue weighted by Gasteiger charge is -2.36. The van der Waals surface area contributed by atoms with E-state index >= 15 is 0 Å². The zero-order valence-electron chi connectivity index (χ0n) is 15.0. The van der Waals surface area contributed by atoms with Crippen LogP contribution in [0.25, 0.3) is 0 Å². The van der Waals surface area contributed by atoms with Crippen LogP contribution in [0, 0.1) is 0 Å². The molecular weight excluding hydrogens is 358 g/mol. The Morgan fingerprint density at radius 2 is 1.78 bits per heavy atom. The van der Waals surface area contributed by atoms with E-state index in [1.54, 1.807) is 0 Å². The van der Waals surface area contributed by atoms with Crippen molar-refractivity contribution in [2.75, 3.05) is 13.1 Å². The van der Waals surface area contributed by atoms with Crippen LogP contribution in [0.2, 0.25) is 5.02 Å². The molecule has 3 aromatic rings. The van der Waals surface area contributed by atoms with E-state index in [1.165, 1.54) is 11.3 Å². The van der Waals surface area contributed by atoms with Crippen LogP contribution in [0.1, 0.15) is 22.9 Å². The molecule has 5 heteroatoms. The molecule has 4 rings (SSSR count). The molecule has 0 aliphatic carbocycles. The van der Waals surface area contributed by atoms with Gasteiger partial charge in [-0.1, -0.05) is 54.1 Å². The molecule has 0 fully saturated rings. The molecule has 1 unspecified atom stereocenters. The topological polar surface area (TPSA) is 37.3 Å². The van der Waals surface area contributed by atoms with E-state index in [0.29, 0.717) is 18.1 Å². The fourth-order valence-corrected chi connectivity index (χ4v) is 3.79. The Hall–Kier alpha value is -2.56. The number of carbonyl (C=O) groups is 1. The summed E-state index contributed by atoms with van der Waals surface area (Å²) < 4.78 is 2.28. The van der Waals surface area contributed by atoms with Gasteiger partial charge in [-0.15, -0.1) is 0 Å². The van der Waals surface area contributed by atoms with Crippen molar-refractivity contribution >= 4 is 17.5 Å². The number of halogens is 1. The van der Waals surface area contributed by atoms with Crippen LogP contribution in [-0.2, 0) is 17.9 Å². The highest BCUT2D eigenvalue weighted by molar-refractivity contribution is 6.30. The third-order valence-corrected chi connectivity index (χ3v) is 5.25. The van der Waals surface area contributed by atoms with Crippen molar-refractivity contribution in [2.24, 2.45) is 0 Å². The molecule has 1 aromatic heterocycles. The summed E-state index contributed by atoms with van der Waals surface area (Å²) in [6.07, 6.45) is 2.11. The minimum atomic E-state index is 0.0332. The number of benzene rings is 2. The zero-order chi connectivity index (χ0) is 18.6. The monoisotopic (exact) mass is 379 g/mol. The highest BCUT2D eigenvalue weighted by atomic mass is 35.5. The van der Waals surface area contributed by atoms with Crippen LogP contribution in [-0.4, -0.2) is 28.5 Å². The van der Waals surface area contributed by atoms with Gasteiger partial charge in [-0.05, 0) is 35.4 Å². The molecule has 1 atom stereocenters. The number of nitrogens with one attached hydrogen (secondary N) is 1. The first-order valence-corrected chi connectivity index (χ1v) is 9.54. The summed E-state index contributed by atoms with van der Waals surface area (Å²) >= 11 is 5.91. The van der Waals surface area contributed by atoms with E-state index in [4.69, 9.17) is 11.6 Å². The van der Waals surface area contributed by atoms with Crippen LogP contribution >= 0.6 is 11.6 Å². The molecule has 2 aromatic carbocycles. The molecule has 1 aliphatic rings. The van der Waals surface area contributed by atoms with E-state index in [1.807, 2.05) is 30.3 Å². The molecule has 2 heterocycles. The molecule has 138 valence electrons. The molecule has 0 spiro atoms. The lowest BCUT2D eigenvalue weighted by molar-refractivity contribution is -0.123. The van der Waals surface area contributed by atoms with E-state index in [-0.39, 0.29) is 11.9 Å². The normalized spacial score (nSPS) is 16.7. The fourth-order valence-electron chi connectivity index (χ4n) is 3.66. The van der Waals surface area contributed by atoms with Crippen molar-refractivity contribution in [1.82, 2.24) is 14.8 Å². The molecule has 0 saturated heterocycles. The maximum Gasteiger partial charge on any atom is 0.234 e. The summed E-state index contributed by atoms with van der Waals surface area (Å²) in [5, 5.41) is 3.73. The van der Waals surface area contributed by atoms with Crippen LogP contribution in [0.15, 0.2) is 72.9 Å². The summed E-state index contributed by atoms with van der Waals surface area (Å²) in [6.45, 7) is 2.63. The maximum absolute atomic E-state index is 12.6. The predicted molar refractivity (Wildman–Crippen MR) is 108 cm³/mol. The molecule has 0 radical (unpaired) electrons. The Bertz CT molecular complexity index is 905. The minimum Gasteiger partial charge on any atom is -0.351 e. The average molecular weight is 380 g/mol. The minimum absolute atomic E-state index is 0.0332. The van der Waals surface area contributed by atoms with Gasteiger partial charge in [-0.25, -0.2) is 0 Å². The Kier molecular flexibility index (Phi) is 5.28. The quantitative estimate of drug-likeness (QED) is 0.730.